The van der Waals surface area contributed by atoms with Crippen LogP contribution in [-0.2, 0) is 11.2 Å². The third-order valence-corrected chi connectivity index (χ3v) is 4.99. The van der Waals surface area contributed by atoms with Crippen molar-refractivity contribution in [3.63, 3.8) is 0 Å². The van der Waals surface area contributed by atoms with Gasteiger partial charge in [0.15, 0.2) is 0 Å². The maximum absolute atomic E-state index is 10.9. The molecule has 1 aromatic carbocycles. The van der Waals surface area contributed by atoms with Gasteiger partial charge >= 0.3 is 5.97 Å². The molecule has 134 valence electrons. The zero-order valence-corrected chi connectivity index (χ0v) is 14.5. The van der Waals surface area contributed by atoms with Crippen LogP contribution in [0.4, 0.5) is 5.69 Å². The van der Waals surface area contributed by atoms with Crippen molar-refractivity contribution in [3.8, 4) is 0 Å². The Bertz CT molecular complexity index is 735. The lowest BCUT2D eigenvalue weighted by Crippen LogP contribution is -2.58. The molecule has 1 aliphatic carbocycles. The molecule has 1 aliphatic heterocycles. The fourth-order valence-electron chi connectivity index (χ4n) is 3.77. The van der Waals surface area contributed by atoms with Gasteiger partial charge < -0.3 is 16.6 Å². The second-order valence-electron chi connectivity index (χ2n) is 6.83. The predicted octanol–water partition coefficient (Wildman–Crippen LogP) is 2.12. The summed E-state index contributed by atoms with van der Waals surface area (Å²) in [4.78, 5) is 21.8. The van der Waals surface area contributed by atoms with E-state index in [0.29, 0.717) is 12.4 Å². The molecule has 5 N–H and O–H groups in total. The fraction of sp³-hybridized carbons (Fsp3) is 0.500. The molecule has 1 aromatic rings. The Labute approximate surface area is 147 Å². The van der Waals surface area contributed by atoms with Crippen molar-refractivity contribution in [1.82, 2.24) is 0 Å². The predicted molar refractivity (Wildman–Crippen MR) is 98.7 cm³/mol. The van der Waals surface area contributed by atoms with Gasteiger partial charge in [0.1, 0.15) is 5.66 Å². The summed E-state index contributed by atoms with van der Waals surface area (Å²) in [5.74, 6) is -0.217. The van der Waals surface area contributed by atoms with Gasteiger partial charge in [0.25, 0.3) is 0 Å². The molecule has 0 bridgehead atoms. The average molecular weight is 343 g/mol. The Hall–Kier alpha value is -2.57. The van der Waals surface area contributed by atoms with Crippen molar-refractivity contribution in [1.29, 1.82) is 0 Å². The van der Waals surface area contributed by atoms with Crippen LogP contribution in [0.3, 0.4) is 0 Å². The van der Waals surface area contributed by atoms with Gasteiger partial charge in [-0.25, -0.2) is 4.99 Å². The second-order valence-corrected chi connectivity index (χ2v) is 6.83. The minimum absolute atomic E-state index is 0.0995. The molecule has 7 nitrogen and oxygen atoms in total. The fourth-order valence-corrected chi connectivity index (χ4v) is 3.77. The highest BCUT2D eigenvalue weighted by atomic mass is 16.4. The summed E-state index contributed by atoms with van der Waals surface area (Å²) in [5.41, 5.74) is 14.6. The molecule has 0 amide bonds. The second kappa shape index (κ2) is 6.74. The maximum Gasteiger partial charge on any atom is 0.303 e. The van der Waals surface area contributed by atoms with Crippen LogP contribution in [0.15, 0.2) is 28.2 Å². The number of hydrogen-bond acceptors (Lipinski definition) is 6. The zero-order valence-electron chi connectivity index (χ0n) is 14.5. The summed E-state index contributed by atoms with van der Waals surface area (Å²) in [5, 5.41) is 8.94. The maximum atomic E-state index is 10.9. The molecular weight excluding hydrogens is 318 g/mol. The van der Waals surface area contributed by atoms with E-state index in [1.165, 1.54) is 6.42 Å². The highest BCUT2D eigenvalue weighted by Gasteiger charge is 2.43. The number of aliphatic imine (C=N–C) groups is 2. The highest BCUT2D eigenvalue weighted by Crippen LogP contribution is 2.40. The first-order chi connectivity index (χ1) is 11.9. The average Bonchev–Trinajstić information content (AvgIpc) is 2.55. The van der Waals surface area contributed by atoms with Gasteiger partial charge in [-0.2, -0.15) is 4.99 Å². The smallest absolute Gasteiger partial charge is 0.303 e. The molecule has 1 heterocycles. The number of nitrogens with two attached hydrogens (primary N) is 2. The lowest BCUT2D eigenvalue weighted by molar-refractivity contribution is -0.136. The SMILES string of the molecule is Cc1ccc(CCC(=O)O)cc1N1C(N)=NC(N)=NC12CCCCC2. The number of hydrogen-bond donors (Lipinski definition) is 3. The molecule has 1 saturated carbocycles. The van der Waals surface area contributed by atoms with E-state index in [1.54, 1.807) is 0 Å². The van der Waals surface area contributed by atoms with E-state index < -0.39 is 11.6 Å². The molecular formula is C18H25N5O2. The van der Waals surface area contributed by atoms with Crippen molar-refractivity contribution in [2.75, 3.05) is 4.90 Å². The lowest BCUT2D eigenvalue weighted by Gasteiger charge is -2.46. The molecule has 2 aliphatic rings. The Morgan fingerprint density at radius 1 is 1.28 bits per heavy atom. The molecule has 25 heavy (non-hydrogen) atoms. The highest BCUT2D eigenvalue weighted by molar-refractivity contribution is 6.06. The number of carbonyl (C=O) groups is 1. The van der Waals surface area contributed by atoms with Crippen molar-refractivity contribution < 1.29 is 9.90 Å². The van der Waals surface area contributed by atoms with Crippen LogP contribution in [0.1, 0.15) is 49.7 Å². The zero-order chi connectivity index (χ0) is 18.0. The number of rotatable bonds is 4. The molecule has 0 radical (unpaired) electrons. The standard InChI is InChI=1S/C18H25N5O2/c1-12-5-6-13(7-8-15(24)25)11-14(12)23-17(20)21-16(19)22-18(23)9-3-2-4-10-18/h5-6,11H,2-4,7-10H2,1H3,(H,24,25)(H4,19,20,21,22). The minimum Gasteiger partial charge on any atom is -0.481 e. The first-order valence-electron chi connectivity index (χ1n) is 8.72. The minimum atomic E-state index is -0.803. The van der Waals surface area contributed by atoms with E-state index in [0.717, 1.165) is 42.5 Å². The number of aliphatic carboxylic acids is 1. The van der Waals surface area contributed by atoms with Gasteiger partial charge in [0, 0.05) is 12.1 Å². The van der Waals surface area contributed by atoms with Crippen LogP contribution in [0.25, 0.3) is 0 Å². The lowest BCUT2D eigenvalue weighted by atomic mass is 9.86. The van der Waals surface area contributed by atoms with Crippen LogP contribution in [-0.4, -0.2) is 28.7 Å². The summed E-state index contributed by atoms with van der Waals surface area (Å²) in [7, 11) is 0. The monoisotopic (exact) mass is 343 g/mol. The third kappa shape index (κ3) is 3.45. The van der Waals surface area contributed by atoms with E-state index in [9.17, 15) is 4.79 Å². The molecule has 1 fully saturated rings. The van der Waals surface area contributed by atoms with Crippen LogP contribution < -0.4 is 16.4 Å². The molecule has 0 atom stereocenters. The van der Waals surface area contributed by atoms with E-state index in [-0.39, 0.29) is 12.4 Å². The van der Waals surface area contributed by atoms with Crippen LogP contribution >= 0.6 is 0 Å². The van der Waals surface area contributed by atoms with Crippen molar-refractivity contribution in [2.24, 2.45) is 21.5 Å². The Morgan fingerprint density at radius 2 is 2.00 bits per heavy atom. The van der Waals surface area contributed by atoms with Gasteiger partial charge in [-0.15, -0.1) is 0 Å². The number of benzene rings is 1. The third-order valence-electron chi connectivity index (χ3n) is 4.99. The topological polar surface area (TPSA) is 117 Å². The number of carboxylic acid groups (broad SMARTS) is 1. The summed E-state index contributed by atoms with van der Waals surface area (Å²) < 4.78 is 0. The van der Waals surface area contributed by atoms with Crippen LogP contribution in [0.5, 0.6) is 0 Å². The summed E-state index contributed by atoms with van der Waals surface area (Å²) in [6.45, 7) is 2.02. The quantitative estimate of drug-likeness (QED) is 0.774. The van der Waals surface area contributed by atoms with Crippen molar-refractivity contribution >= 4 is 23.6 Å². The van der Waals surface area contributed by atoms with E-state index >= 15 is 0 Å². The van der Waals surface area contributed by atoms with Gasteiger partial charge in [0.2, 0.25) is 11.9 Å². The number of anilines is 1. The van der Waals surface area contributed by atoms with E-state index in [1.807, 2.05) is 30.0 Å². The Balaban J connectivity index is 2.01. The van der Waals surface area contributed by atoms with Gasteiger partial charge in [-0.05, 0) is 56.2 Å². The van der Waals surface area contributed by atoms with E-state index in [4.69, 9.17) is 16.6 Å². The first kappa shape index (κ1) is 17.3. The Kier molecular flexibility index (Phi) is 4.65. The molecule has 3 rings (SSSR count). The Morgan fingerprint density at radius 3 is 2.68 bits per heavy atom. The number of aryl methyl sites for hydroxylation is 2. The molecule has 1 spiro atoms. The molecule has 7 heteroatoms. The van der Waals surface area contributed by atoms with Gasteiger partial charge in [-0.1, -0.05) is 18.6 Å². The molecule has 0 saturated heterocycles. The largest absolute Gasteiger partial charge is 0.481 e. The van der Waals surface area contributed by atoms with Crippen molar-refractivity contribution in [2.45, 2.75) is 57.5 Å². The first-order valence-corrected chi connectivity index (χ1v) is 8.72. The van der Waals surface area contributed by atoms with Gasteiger partial charge in [0.05, 0.1) is 0 Å². The number of carboxylic acids is 1. The summed E-state index contributed by atoms with van der Waals surface area (Å²) in [6, 6.07) is 5.97. The van der Waals surface area contributed by atoms with E-state index in [2.05, 4.69) is 9.98 Å². The van der Waals surface area contributed by atoms with Crippen molar-refractivity contribution in [3.05, 3.63) is 29.3 Å². The summed E-state index contributed by atoms with van der Waals surface area (Å²) in [6.07, 6.45) is 5.65. The summed E-state index contributed by atoms with van der Waals surface area (Å²) >= 11 is 0. The van der Waals surface area contributed by atoms with Crippen LogP contribution in [0.2, 0.25) is 0 Å². The van der Waals surface area contributed by atoms with Crippen LogP contribution in [0, 0.1) is 6.92 Å². The number of guanidine groups is 2. The molecule has 0 unspecified atom stereocenters. The normalized spacial score (nSPS) is 19.5. The molecule has 0 aromatic heterocycles. The van der Waals surface area contributed by atoms with Gasteiger partial charge in [-0.3, -0.25) is 9.69 Å². The number of nitrogens with zero attached hydrogens (tertiary/aromatic N) is 3.